The van der Waals surface area contributed by atoms with Crippen LogP contribution in [0.1, 0.15) is 0 Å². The number of nitrogens with zero attached hydrogens (tertiary/aromatic N) is 1. The molecule has 0 aliphatic heterocycles. The first kappa shape index (κ1) is 18.5. The van der Waals surface area contributed by atoms with E-state index in [9.17, 15) is 13.2 Å². The zero-order chi connectivity index (χ0) is 17.2. The van der Waals surface area contributed by atoms with Gasteiger partial charge in [-0.3, -0.25) is 4.79 Å². The number of rotatable bonds is 5. The van der Waals surface area contributed by atoms with Gasteiger partial charge in [0.05, 0.1) is 10.9 Å². The molecule has 0 atom stereocenters. The van der Waals surface area contributed by atoms with E-state index < -0.39 is 15.9 Å². The first-order valence-electron chi connectivity index (χ1n) is 6.16. The number of nitrogens with one attached hydrogen (secondary N) is 1. The summed E-state index contributed by atoms with van der Waals surface area (Å²) in [4.78, 5) is 12.0. The Hall–Kier alpha value is -0.830. The SMILES string of the molecule is CN(CC(=O)Nc1cc(Cl)cc(Cl)c1)S(=O)(=O)c1ccc(Cl)s1. The predicted octanol–water partition coefficient (Wildman–Crippen LogP) is 3.97. The van der Waals surface area contributed by atoms with E-state index in [4.69, 9.17) is 34.8 Å². The van der Waals surface area contributed by atoms with Crippen LogP contribution in [-0.4, -0.2) is 32.2 Å². The third kappa shape index (κ3) is 4.82. The summed E-state index contributed by atoms with van der Waals surface area (Å²) in [5.74, 6) is -0.517. The number of carbonyl (C=O) groups is 1. The van der Waals surface area contributed by atoms with E-state index in [-0.39, 0.29) is 10.8 Å². The molecule has 2 aromatic rings. The number of halogens is 3. The number of anilines is 1. The van der Waals surface area contributed by atoms with Gasteiger partial charge in [0.15, 0.2) is 0 Å². The Bertz CT molecular complexity index is 816. The van der Waals surface area contributed by atoms with Crippen molar-refractivity contribution in [3.05, 3.63) is 44.7 Å². The average Bonchev–Trinajstić information content (AvgIpc) is 2.84. The molecule has 23 heavy (non-hydrogen) atoms. The summed E-state index contributed by atoms with van der Waals surface area (Å²) in [6.45, 7) is -0.359. The maximum atomic E-state index is 12.3. The zero-order valence-electron chi connectivity index (χ0n) is 11.7. The van der Waals surface area contributed by atoms with Crippen LogP contribution in [0.15, 0.2) is 34.5 Å². The van der Waals surface area contributed by atoms with Crippen molar-refractivity contribution in [2.45, 2.75) is 4.21 Å². The van der Waals surface area contributed by atoms with Crippen molar-refractivity contribution in [2.24, 2.45) is 0 Å². The highest BCUT2D eigenvalue weighted by Gasteiger charge is 2.24. The topological polar surface area (TPSA) is 66.5 Å². The van der Waals surface area contributed by atoms with Gasteiger partial charge < -0.3 is 5.32 Å². The monoisotopic (exact) mass is 412 g/mol. The molecule has 0 fully saturated rings. The molecule has 10 heteroatoms. The fraction of sp³-hybridized carbons (Fsp3) is 0.154. The summed E-state index contributed by atoms with van der Waals surface area (Å²) in [6, 6.07) is 7.43. The molecule has 124 valence electrons. The third-order valence-corrected chi connectivity index (χ3v) is 6.66. The van der Waals surface area contributed by atoms with Crippen molar-refractivity contribution < 1.29 is 13.2 Å². The zero-order valence-corrected chi connectivity index (χ0v) is 15.6. The Morgan fingerprint density at radius 2 is 1.78 bits per heavy atom. The smallest absolute Gasteiger partial charge is 0.252 e. The number of hydrogen-bond acceptors (Lipinski definition) is 4. The minimum absolute atomic E-state index is 0.0728. The van der Waals surface area contributed by atoms with Gasteiger partial charge in [-0.15, -0.1) is 11.3 Å². The highest BCUT2D eigenvalue weighted by molar-refractivity contribution is 7.91. The molecule has 0 saturated carbocycles. The van der Waals surface area contributed by atoms with Crippen LogP contribution in [0.5, 0.6) is 0 Å². The van der Waals surface area contributed by atoms with Gasteiger partial charge in [-0.1, -0.05) is 34.8 Å². The van der Waals surface area contributed by atoms with E-state index in [0.717, 1.165) is 15.6 Å². The minimum Gasteiger partial charge on any atom is -0.325 e. The van der Waals surface area contributed by atoms with Crippen LogP contribution in [0.2, 0.25) is 14.4 Å². The Balaban J connectivity index is 2.07. The summed E-state index contributed by atoms with van der Waals surface area (Å²) >= 11 is 18.4. The lowest BCUT2D eigenvalue weighted by Gasteiger charge is -2.15. The average molecular weight is 414 g/mol. The maximum absolute atomic E-state index is 12.3. The quantitative estimate of drug-likeness (QED) is 0.806. The fourth-order valence-corrected chi connectivity index (χ4v) is 5.05. The van der Waals surface area contributed by atoms with Crippen molar-refractivity contribution in [3.63, 3.8) is 0 Å². The molecule has 0 unspecified atom stereocenters. The number of carbonyl (C=O) groups excluding carboxylic acids is 1. The second-order valence-electron chi connectivity index (χ2n) is 4.53. The van der Waals surface area contributed by atoms with Crippen LogP contribution in [-0.2, 0) is 14.8 Å². The normalized spacial score (nSPS) is 11.7. The van der Waals surface area contributed by atoms with Crippen LogP contribution >= 0.6 is 46.1 Å². The van der Waals surface area contributed by atoms with E-state index in [2.05, 4.69) is 5.32 Å². The molecule has 0 aliphatic carbocycles. The highest BCUT2D eigenvalue weighted by atomic mass is 35.5. The number of likely N-dealkylation sites (N-methyl/N-ethyl adjacent to an activating group) is 1. The summed E-state index contributed by atoms with van der Waals surface area (Å²) in [7, 11) is -2.45. The number of hydrogen-bond donors (Lipinski definition) is 1. The second-order valence-corrected chi connectivity index (χ2v) is 9.39. The fourth-order valence-electron chi connectivity index (χ4n) is 1.70. The van der Waals surface area contributed by atoms with Gasteiger partial charge >= 0.3 is 0 Å². The number of amides is 1. The summed E-state index contributed by atoms with van der Waals surface area (Å²) in [5.41, 5.74) is 0.387. The van der Waals surface area contributed by atoms with E-state index in [1.807, 2.05) is 0 Å². The summed E-state index contributed by atoms with van der Waals surface area (Å²) in [6.07, 6.45) is 0. The number of sulfonamides is 1. The molecule has 2 rings (SSSR count). The van der Waals surface area contributed by atoms with Gasteiger partial charge in [0, 0.05) is 22.8 Å². The van der Waals surface area contributed by atoms with Crippen molar-refractivity contribution in [1.82, 2.24) is 4.31 Å². The molecule has 0 spiro atoms. The number of thiophene rings is 1. The summed E-state index contributed by atoms with van der Waals surface area (Å²) < 4.78 is 26.0. The first-order valence-corrected chi connectivity index (χ1v) is 9.55. The van der Waals surface area contributed by atoms with E-state index in [0.29, 0.717) is 20.1 Å². The number of benzene rings is 1. The lowest BCUT2D eigenvalue weighted by molar-refractivity contribution is -0.116. The predicted molar refractivity (Wildman–Crippen MR) is 94.2 cm³/mol. The Morgan fingerprint density at radius 1 is 1.17 bits per heavy atom. The highest BCUT2D eigenvalue weighted by Crippen LogP contribution is 2.27. The van der Waals surface area contributed by atoms with Gasteiger partial charge in [-0.25, -0.2) is 8.42 Å². The van der Waals surface area contributed by atoms with E-state index >= 15 is 0 Å². The van der Waals surface area contributed by atoms with Crippen LogP contribution in [0.25, 0.3) is 0 Å². The van der Waals surface area contributed by atoms with Crippen LogP contribution in [0.4, 0.5) is 5.69 Å². The largest absolute Gasteiger partial charge is 0.325 e. The lowest BCUT2D eigenvalue weighted by atomic mass is 10.3. The van der Waals surface area contributed by atoms with Crippen LogP contribution < -0.4 is 5.32 Å². The van der Waals surface area contributed by atoms with Gasteiger partial charge in [0.25, 0.3) is 10.0 Å². The van der Waals surface area contributed by atoms with Gasteiger partial charge in [0.2, 0.25) is 5.91 Å². The van der Waals surface area contributed by atoms with E-state index in [1.54, 1.807) is 0 Å². The Labute approximate surface area is 152 Å². The van der Waals surface area contributed by atoms with Crippen molar-refractivity contribution >= 4 is 67.8 Å². The summed E-state index contributed by atoms with van der Waals surface area (Å²) in [5, 5.41) is 3.27. The van der Waals surface area contributed by atoms with Gasteiger partial charge in [0.1, 0.15) is 4.21 Å². The molecule has 0 saturated heterocycles. The third-order valence-electron chi connectivity index (χ3n) is 2.73. The molecule has 0 radical (unpaired) electrons. The molecule has 5 nitrogen and oxygen atoms in total. The van der Waals surface area contributed by atoms with E-state index in [1.165, 1.54) is 37.4 Å². The molecule has 1 aromatic heterocycles. The van der Waals surface area contributed by atoms with Crippen molar-refractivity contribution in [3.8, 4) is 0 Å². The molecule has 1 heterocycles. The first-order chi connectivity index (χ1) is 10.7. The standard InChI is InChI=1S/C13H11Cl3N2O3S2/c1-18(23(20,21)13-3-2-11(16)22-13)7-12(19)17-10-5-8(14)4-9(15)6-10/h2-6H,7H2,1H3,(H,17,19). The van der Waals surface area contributed by atoms with Crippen molar-refractivity contribution in [1.29, 1.82) is 0 Å². The van der Waals surface area contributed by atoms with Gasteiger partial charge in [-0.2, -0.15) is 4.31 Å². The molecule has 0 bridgehead atoms. The molecular formula is C13H11Cl3N2O3S2. The second kappa shape index (κ2) is 7.38. The maximum Gasteiger partial charge on any atom is 0.252 e. The van der Waals surface area contributed by atoms with Crippen LogP contribution in [0, 0.1) is 0 Å². The minimum atomic E-state index is -3.77. The molecule has 1 amide bonds. The lowest BCUT2D eigenvalue weighted by Crippen LogP contribution is -2.34. The molecule has 1 N–H and O–H groups in total. The van der Waals surface area contributed by atoms with Crippen LogP contribution in [0.3, 0.4) is 0 Å². The Morgan fingerprint density at radius 3 is 2.30 bits per heavy atom. The molecule has 1 aromatic carbocycles. The molecule has 0 aliphatic rings. The van der Waals surface area contributed by atoms with Gasteiger partial charge in [-0.05, 0) is 30.3 Å². The molecular weight excluding hydrogens is 403 g/mol. The van der Waals surface area contributed by atoms with Crippen molar-refractivity contribution in [2.75, 3.05) is 18.9 Å². The Kier molecular flexibility index (Phi) is 5.94.